The van der Waals surface area contributed by atoms with Crippen molar-refractivity contribution in [2.75, 3.05) is 0 Å². The molecule has 3 aromatic rings. The minimum Gasteiger partial charge on any atom is -0.481 e. The summed E-state index contributed by atoms with van der Waals surface area (Å²) in [6.07, 6.45) is 4.04. The number of hydrogen-bond donors (Lipinski definition) is 2. The predicted octanol–water partition coefficient (Wildman–Crippen LogP) is 6.98. The van der Waals surface area contributed by atoms with E-state index in [2.05, 4.69) is 69.0 Å². The highest BCUT2D eigenvalue weighted by Gasteiger charge is 2.45. The first-order valence-corrected chi connectivity index (χ1v) is 16.5. The van der Waals surface area contributed by atoms with E-state index in [1.54, 1.807) is 18.2 Å². The van der Waals surface area contributed by atoms with Gasteiger partial charge < -0.3 is 9.34 Å². The minimum absolute atomic E-state index is 0.110. The molecule has 2 N–H and O–H groups in total. The van der Waals surface area contributed by atoms with Crippen LogP contribution in [0.1, 0.15) is 65.1 Å². The third-order valence-corrected chi connectivity index (χ3v) is 15.8. The van der Waals surface area contributed by atoms with Crippen LogP contribution in [0.15, 0.2) is 71.9 Å². The highest BCUT2D eigenvalue weighted by molar-refractivity contribution is 7.89. The third kappa shape index (κ3) is 6.08. The number of aromatic nitrogens is 1. The van der Waals surface area contributed by atoms with Crippen LogP contribution in [-0.4, -0.2) is 32.0 Å². The van der Waals surface area contributed by atoms with Crippen molar-refractivity contribution in [3.63, 3.8) is 0 Å². The Labute approximate surface area is 222 Å². The zero-order valence-corrected chi connectivity index (χ0v) is 24.7. The van der Waals surface area contributed by atoms with Gasteiger partial charge in [0.2, 0.25) is 10.0 Å². The number of nitrogens with one attached hydrogen (secondary N) is 1. The van der Waals surface area contributed by atoms with Crippen LogP contribution in [0, 0.1) is 6.92 Å². The van der Waals surface area contributed by atoms with Gasteiger partial charge >= 0.3 is 5.97 Å². The molecule has 0 spiro atoms. The fourth-order valence-electron chi connectivity index (χ4n) is 6.01. The van der Waals surface area contributed by atoms with Crippen LogP contribution in [-0.2, 0) is 14.8 Å². The first-order chi connectivity index (χ1) is 17.3. The number of carbonyl (C=O) groups is 1. The zero-order chi connectivity index (χ0) is 27.5. The predicted molar refractivity (Wildman–Crippen MR) is 153 cm³/mol. The van der Waals surface area contributed by atoms with Gasteiger partial charge in [0.15, 0.2) is 8.24 Å². The van der Waals surface area contributed by atoms with Gasteiger partial charge in [0, 0.05) is 6.20 Å². The lowest BCUT2D eigenvalue weighted by Gasteiger charge is -2.44. The fraction of sp³-hybridized carbons (Fsp3) is 0.414. The smallest absolute Gasteiger partial charge is 0.305 e. The number of rotatable bonds is 11. The molecule has 0 amide bonds. The topological polar surface area (TPSA) is 88.4 Å². The van der Waals surface area contributed by atoms with E-state index in [4.69, 9.17) is 0 Å². The Bertz CT molecular complexity index is 1310. The minimum atomic E-state index is -3.90. The van der Waals surface area contributed by atoms with Gasteiger partial charge in [-0.3, -0.25) is 4.79 Å². The van der Waals surface area contributed by atoms with Crippen molar-refractivity contribution in [3.8, 4) is 11.1 Å². The number of aryl methyl sites for hydroxylation is 1. The van der Waals surface area contributed by atoms with Crippen LogP contribution in [0.4, 0.5) is 0 Å². The Morgan fingerprint density at radius 2 is 1.51 bits per heavy atom. The molecular weight excluding hydrogens is 500 g/mol. The summed E-state index contributed by atoms with van der Waals surface area (Å²) in [5.41, 5.74) is 5.18. The Balaban J connectivity index is 2.00. The Kier molecular flexibility index (Phi) is 8.88. The highest BCUT2D eigenvalue weighted by Crippen LogP contribution is 2.43. The van der Waals surface area contributed by atoms with Gasteiger partial charge in [0.1, 0.15) is 0 Å². The number of nitrogens with zero attached hydrogens (tertiary/aromatic N) is 1. The SMILES string of the molecule is Cc1ccc(S(=O)(=O)N[C@H](CC(=O)O)c2cccc(-c3ccn([Si](C(C)C)(C(C)C)C(C)C)c3)c2)cc1. The van der Waals surface area contributed by atoms with E-state index in [-0.39, 0.29) is 11.3 Å². The van der Waals surface area contributed by atoms with E-state index in [0.29, 0.717) is 22.2 Å². The van der Waals surface area contributed by atoms with Crippen LogP contribution in [0.2, 0.25) is 16.6 Å². The first-order valence-electron chi connectivity index (χ1n) is 12.9. The molecule has 0 unspecified atom stereocenters. The summed E-state index contributed by atoms with van der Waals surface area (Å²) in [5, 5.41) is 9.55. The van der Waals surface area contributed by atoms with Gasteiger partial charge in [-0.15, -0.1) is 0 Å². The zero-order valence-electron chi connectivity index (χ0n) is 22.9. The monoisotopic (exact) mass is 540 g/mol. The van der Waals surface area contributed by atoms with E-state index in [1.165, 1.54) is 12.1 Å². The number of carboxylic acids is 1. The fourth-order valence-corrected chi connectivity index (χ4v) is 13.7. The molecule has 1 heterocycles. The first kappa shape index (κ1) is 28.9. The molecule has 2 aromatic carbocycles. The quantitative estimate of drug-likeness (QED) is 0.257. The largest absolute Gasteiger partial charge is 0.481 e. The lowest BCUT2D eigenvalue weighted by Crippen LogP contribution is -2.51. The van der Waals surface area contributed by atoms with Crippen molar-refractivity contribution in [2.45, 2.75) is 82.4 Å². The van der Waals surface area contributed by atoms with Crippen LogP contribution in [0.25, 0.3) is 11.1 Å². The van der Waals surface area contributed by atoms with Crippen molar-refractivity contribution in [3.05, 3.63) is 78.1 Å². The van der Waals surface area contributed by atoms with Gasteiger partial charge in [-0.25, -0.2) is 13.1 Å². The Hall–Kier alpha value is -2.68. The molecule has 6 nitrogen and oxygen atoms in total. The molecule has 1 aromatic heterocycles. The number of benzene rings is 2. The Morgan fingerprint density at radius 3 is 2.05 bits per heavy atom. The summed E-state index contributed by atoms with van der Waals surface area (Å²) in [4.78, 5) is 11.8. The summed E-state index contributed by atoms with van der Waals surface area (Å²) < 4.78 is 31.2. The number of aliphatic carboxylic acids is 1. The maximum Gasteiger partial charge on any atom is 0.305 e. The van der Waals surface area contributed by atoms with E-state index in [0.717, 1.165) is 16.7 Å². The van der Waals surface area contributed by atoms with Crippen LogP contribution in [0.5, 0.6) is 0 Å². The van der Waals surface area contributed by atoms with Gasteiger partial charge in [0.25, 0.3) is 0 Å². The summed E-state index contributed by atoms with van der Waals surface area (Å²) in [6.45, 7) is 15.8. The molecule has 0 aliphatic carbocycles. The van der Waals surface area contributed by atoms with Gasteiger partial charge in [-0.2, -0.15) is 0 Å². The number of sulfonamides is 1. The van der Waals surface area contributed by atoms with Crippen LogP contribution in [0.3, 0.4) is 0 Å². The van der Waals surface area contributed by atoms with Gasteiger partial charge in [-0.05, 0) is 70.7 Å². The molecule has 1 atom stereocenters. The molecule has 0 radical (unpaired) electrons. The molecule has 37 heavy (non-hydrogen) atoms. The lowest BCUT2D eigenvalue weighted by atomic mass is 10.00. The summed E-state index contributed by atoms with van der Waals surface area (Å²) in [7, 11) is -5.80. The molecule has 0 saturated heterocycles. The van der Waals surface area contributed by atoms with Crippen molar-refractivity contribution >= 4 is 24.2 Å². The molecule has 0 saturated carbocycles. The van der Waals surface area contributed by atoms with Crippen molar-refractivity contribution in [2.24, 2.45) is 0 Å². The molecule has 8 heteroatoms. The van der Waals surface area contributed by atoms with E-state index in [9.17, 15) is 18.3 Å². The second-order valence-electron chi connectivity index (χ2n) is 10.9. The summed E-state index contributed by atoms with van der Waals surface area (Å²) >= 11 is 0. The number of carboxylic acid groups (broad SMARTS) is 1. The van der Waals surface area contributed by atoms with Gasteiger partial charge in [-0.1, -0.05) is 77.4 Å². The average molecular weight is 541 g/mol. The second-order valence-corrected chi connectivity index (χ2v) is 18.3. The maximum atomic E-state index is 13.1. The summed E-state index contributed by atoms with van der Waals surface area (Å²) in [6, 6.07) is 15.2. The standard InChI is InChI=1S/C29H40N2O4SSi/c1-20(2)37(21(3)4,22(5)6)31-16-15-26(19-31)24-9-8-10-25(17-24)28(18-29(32)33)30-36(34,35)27-13-11-23(7)12-14-27/h8-17,19-22,28,30H,18H2,1-7H3,(H,32,33)/t28-/m1/s1. The third-order valence-electron chi connectivity index (χ3n) is 7.54. The second kappa shape index (κ2) is 11.4. The number of hydrogen-bond acceptors (Lipinski definition) is 3. The highest BCUT2D eigenvalue weighted by atomic mass is 32.2. The molecule has 3 rings (SSSR count). The van der Waals surface area contributed by atoms with E-state index < -0.39 is 30.3 Å². The average Bonchev–Trinajstić information content (AvgIpc) is 3.28. The van der Waals surface area contributed by atoms with Crippen molar-refractivity contribution < 1.29 is 18.3 Å². The molecule has 0 aliphatic rings. The van der Waals surface area contributed by atoms with E-state index in [1.807, 2.05) is 25.1 Å². The lowest BCUT2D eigenvalue weighted by molar-refractivity contribution is -0.137. The van der Waals surface area contributed by atoms with Crippen molar-refractivity contribution in [1.82, 2.24) is 8.95 Å². The molecular formula is C29H40N2O4SSi. The van der Waals surface area contributed by atoms with E-state index >= 15 is 0 Å². The summed E-state index contributed by atoms with van der Waals surface area (Å²) in [5.74, 6) is -1.07. The van der Waals surface area contributed by atoms with Crippen LogP contribution < -0.4 is 4.72 Å². The normalized spacial score (nSPS) is 13.5. The van der Waals surface area contributed by atoms with Gasteiger partial charge in [0.05, 0.1) is 17.4 Å². The van der Waals surface area contributed by atoms with Crippen molar-refractivity contribution in [1.29, 1.82) is 0 Å². The molecule has 0 aliphatic heterocycles. The van der Waals surface area contributed by atoms with Crippen LogP contribution >= 0.6 is 0 Å². The maximum absolute atomic E-state index is 13.1. The molecule has 0 bridgehead atoms. The molecule has 0 fully saturated rings. The Morgan fingerprint density at radius 1 is 0.919 bits per heavy atom. The molecule has 200 valence electrons.